The molecular formula is C14H15F3N6O. The Morgan fingerprint density at radius 1 is 1.25 bits per heavy atom. The minimum absolute atomic E-state index is 0.0140. The number of H-pyrrole nitrogens is 1. The number of hydrogen-bond donors (Lipinski definition) is 2. The van der Waals surface area contributed by atoms with Gasteiger partial charge in [-0.25, -0.2) is 4.98 Å². The fourth-order valence-corrected chi connectivity index (χ4v) is 2.56. The van der Waals surface area contributed by atoms with E-state index in [0.29, 0.717) is 31.7 Å². The van der Waals surface area contributed by atoms with Crippen LogP contribution in [-0.4, -0.2) is 45.4 Å². The summed E-state index contributed by atoms with van der Waals surface area (Å²) in [5, 5.41) is 12.5. The first-order valence-corrected chi connectivity index (χ1v) is 7.38. The van der Waals surface area contributed by atoms with E-state index in [1.54, 1.807) is 0 Å². The van der Waals surface area contributed by atoms with Crippen LogP contribution in [0, 0.1) is 0 Å². The molecule has 3 rings (SSSR count). The van der Waals surface area contributed by atoms with Crippen molar-refractivity contribution in [2.75, 3.05) is 18.0 Å². The lowest BCUT2D eigenvalue weighted by Crippen LogP contribution is -2.45. The number of anilines is 1. The molecule has 3 heterocycles. The molecule has 0 unspecified atom stereocenters. The third kappa shape index (κ3) is 3.63. The first kappa shape index (κ1) is 16.2. The van der Waals surface area contributed by atoms with E-state index in [0.717, 1.165) is 12.3 Å². The molecule has 7 nitrogen and oxygen atoms in total. The predicted molar refractivity (Wildman–Crippen MR) is 78.3 cm³/mol. The second-order valence-corrected chi connectivity index (χ2v) is 5.49. The number of halogens is 3. The van der Waals surface area contributed by atoms with Gasteiger partial charge >= 0.3 is 6.18 Å². The molecular weight excluding hydrogens is 325 g/mol. The molecule has 0 bridgehead atoms. The Hall–Kier alpha value is -2.65. The molecule has 0 aliphatic carbocycles. The van der Waals surface area contributed by atoms with Crippen LogP contribution in [0.15, 0.2) is 24.5 Å². The van der Waals surface area contributed by atoms with Gasteiger partial charge in [-0.1, -0.05) is 0 Å². The van der Waals surface area contributed by atoms with Gasteiger partial charge in [-0.3, -0.25) is 4.79 Å². The number of piperidine rings is 1. The van der Waals surface area contributed by atoms with Crippen LogP contribution in [0.25, 0.3) is 0 Å². The van der Waals surface area contributed by atoms with Crippen LogP contribution in [0.3, 0.4) is 0 Å². The smallest absolute Gasteiger partial charge is 0.356 e. The summed E-state index contributed by atoms with van der Waals surface area (Å²) >= 11 is 0. The maximum atomic E-state index is 12.5. The molecule has 2 aromatic rings. The van der Waals surface area contributed by atoms with Gasteiger partial charge in [-0.2, -0.15) is 28.6 Å². The van der Waals surface area contributed by atoms with Gasteiger partial charge in [0.2, 0.25) is 0 Å². The van der Waals surface area contributed by atoms with Crippen LogP contribution >= 0.6 is 0 Å². The van der Waals surface area contributed by atoms with E-state index in [4.69, 9.17) is 0 Å². The van der Waals surface area contributed by atoms with Crippen LogP contribution in [0.4, 0.5) is 19.0 Å². The van der Waals surface area contributed by atoms with E-state index >= 15 is 0 Å². The summed E-state index contributed by atoms with van der Waals surface area (Å²) in [4.78, 5) is 17.7. The zero-order valence-corrected chi connectivity index (χ0v) is 12.5. The number of pyridine rings is 1. The third-order valence-corrected chi connectivity index (χ3v) is 3.88. The average Bonchev–Trinajstić information content (AvgIpc) is 3.09. The molecule has 1 amide bonds. The van der Waals surface area contributed by atoms with Gasteiger partial charge in [-0.05, 0) is 25.0 Å². The number of rotatable bonds is 3. The molecule has 128 valence electrons. The average molecular weight is 340 g/mol. The summed E-state index contributed by atoms with van der Waals surface area (Å²) in [6.07, 6.45) is -0.854. The summed E-state index contributed by atoms with van der Waals surface area (Å²) in [5.74, 6) is 0.208. The van der Waals surface area contributed by atoms with E-state index in [1.165, 1.54) is 12.3 Å². The highest BCUT2D eigenvalue weighted by atomic mass is 19.4. The van der Waals surface area contributed by atoms with Gasteiger partial charge in [0.25, 0.3) is 5.91 Å². The Kier molecular flexibility index (Phi) is 4.36. The van der Waals surface area contributed by atoms with Crippen molar-refractivity contribution in [2.24, 2.45) is 0 Å². The number of aromatic amines is 1. The van der Waals surface area contributed by atoms with Crippen molar-refractivity contribution in [1.82, 2.24) is 25.7 Å². The SMILES string of the molecule is O=C(NC1CCN(c2ccc(C(F)(F)F)cn2)CC1)c1cn[nH]n1. The number of carbonyl (C=O) groups is 1. The minimum atomic E-state index is -4.38. The Morgan fingerprint density at radius 2 is 2.00 bits per heavy atom. The fraction of sp³-hybridized carbons (Fsp3) is 0.429. The van der Waals surface area contributed by atoms with E-state index in [9.17, 15) is 18.0 Å². The number of nitrogens with one attached hydrogen (secondary N) is 2. The summed E-state index contributed by atoms with van der Waals surface area (Å²) in [6, 6.07) is 2.39. The molecule has 0 radical (unpaired) electrons. The Labute approximate surface area is 135 Å². The predicted octanol–water partition coefficient (Wildman–Crippen LogP) is 1.62. The van der Waals surface area contributed by atoms with E-state index in [1.807, 2.05) is 4.90 Å². The molecule has 0 aromatic carbocycles. The first-order chi connectivity index (χ1) is 11.4. The quantitative estimate of drug-likeness (QED) is 0.887. The lowest BCUT2D eigenvalue weighted by molar-refractivity contribution is -0.137. The lowest BCUT2D eigenvalue weighted by Gasteiger charge is -2.33. The second-order valence-electron chi connectivity index (χ2n) is 5.49. The Bertz CT molecular complexity index is 678. The molecule has 1 aliphatic heterocycles. The number of carbonyl (C=O) groups excluding carboxylic acids is 1. The molecule has 1 aliphatic rings. The molecule has 0 saturated carbocycles. The summed E-state index contributed by atoms with van der Waals surface area (Å²) in [5.41, 5.74) is -0.539. The normalized spacial score (nSPS) is 16.2. The summed E-state index contributed by atoms with van der Waals surface area (Å²) in [6.45, 7) is 1.20. The standard InChI is InChI=1S/C14H15F3N6O/c15-14(16,17)9-1-2-12(18-7-9)23-5-3-10(4-6-23)20-13(24)11-8-19-22-21-11/h1-2,7-8,10H,3-6H2,(H,20,24)(H,19,21,22). The van der Waals surface area contributed by atoms with Crippen LogP contribution in [-0.2, 0) is 6.18 Å². The molecule has 0 atom stereocenters. The molecule has 10 heteroatoms. The number of alkyl halides is 3. The van der Waals surface area contributed by atoms with Crippen molar-refractivity contribution in [3.8, 4) is 0 Å². The molecule has 1 fully saturated rings. The van der Waals surface area contributed by atoms with Crippen molar-refractivity contribution in [3.05, 3.63) is 35.8 Å². The topological polar surface area (TPSA) is 86.8 Å². The van der Waals surface area contributed by atoms with Crippen molar-refractivity contribution < 1.29 is 18.0 Å². The van der Waals surface area contributed by atoms with Crippen molar-refractivity contribution in [3.63, 3.8) is 0 Å². The molecule has 2 N–H and O–H groups in total. The van der Waals surface area contributed by atoms with Gasteiger partial charge in [-0.15, -0.1) is 0 Å². The van der Waals surface area contributed by atoms with Crippen LogP contribution < -0.4 is 10.2 Å². The monoisotopic (exact) mass is 340 g/mol. The zero-order valence-electron chi connectivity index (χ0n) is 12.5. The highest BCUT2D eigenvalue weighted by molar-refractivity contribution is 5.92. The van der Waals surface area contributed by atoms with Crippen LogP contribution in [0.1, 0.15) is 28.9 Å². The van der Waals surface area contributed by atoms with Gasteiger partial charge in [0.05, 0.1) is 11.8 Å². The summed E-state index contributed by atoms with van der Waals surface area (Å²) in [7, 11) is 0. The van der Waals surface area contributed by atoms with Crippen molar-refractivity contribution in [2.45, 2.75) is 25.1 Å². The number of nitrogens with zero attached hydrogens (tertiary/aromatic N) is 4. The molecule has 24 heavy (non-hydrogen) atoms. The maximum Gasteiger partial charge on any atom is 0.417 e. The highest BCUT2D eigenvalue weighted by Crippen LogP contribution is 2.29. The lowest BCUT2D eigenvalue weighted by atomic mass is 10.0. The van der Waals surface area contributed by atoms with Gasteiger partial charge in [0, 0.05) is 25.3 Å². The van der Waals surface area contributed by atoms with Crippen molar-refractivity contribution in [1.29, 1.82) is 0 Å². The molecule has 2 aromatic heterocycles. The molecule has 0 spiro atoms. The van der Waals surface area contributed by atoms with Crippen molar-refractivity contribution >= 4 is 11.7 Å². The molecule has 1 saturated heterocycles. The van der Waals surface area contributed by atoms with Gasteiger partial charge in [0.15, 0.2) is 5.69 Å². The van der Waals surface area contributed by atoms with Gasteiger partial charge < -0.3 is 10.2 Å². The van der Waals surface area contributed by atoms with E-state index < -0.39 is 11.7 Å². The van der Waals surface area contributed by atoms with E-state index in [2.05, 4.69) is 25.7 Å². The first-order valence-electron chi connectivity index (χ1n) is 7.38. The minimum Gasteiger partial charge on any atom is -0.356 e. The Morgan fingerprint density at radius 3 is 2.54 bits per heavy atom. The van der Waals surface area contributed by atoms with Crippen LogP contribution in [0.2, 0.25) is 0 Å². The van der Waals surface area contributed by atoms with Crippen LogP contribution in [0.5, 0.6) is 0 Å². The fourth-order valence-electron chi connectivity index (χ4n) is 2.56. The highest BCUT2D eigenvalue weighted by Gasteiger charge is 2.31. The second kappa shape index (κ2) is 6.46. The summed E-state index contributed by atoms with van der Waals surface area (Å²) < 4.78 is 37.6. The number of amides is 1. The maximum absolute atomic E-state index is 12.5. The largest absolute Gasteiger partial charge is 0.417 e. The number of hydrogen-bond acceptors (Lipinski definition) is 5. The Balaban J connectivity index is 1.54. The zero-order chi connectivity index (χ0) is 17.2. The van der Waals surface area contributed by atoms with Gasteiger partial charge in [0.1, 0.15) is 5.82 Å². The van der Waals surface area contributed by atoms with E-state index in [-0.39, 0.29) is 17.6 Å². The third-order valence-electron chi connectivity index (χ3n) is 3.88. The number of aromatic nitrogens is 4.